The molecule has 0 aliphatic heterocycles. The van der Waals surface area contributed by atoms with E-state index < -0.39 is 5.91 Å². The summed E-state index contributed by atoms with van der Waals surface area (Å²) < 4.78 is 0. The van der Waals surface area contributed by atoms with Crippen LogP contribution in [0, 0.1) is 13.8 Å². The summed E-state index contributed by atoms with van der Waals surface area (Å²) in [6.07, 6.45) is 0. The summed E-state index contributed by atoms with van der Waals surface area (Å²) in [5.41, 5.74) is 3.73. The van der Waals surface area contributed by atoms with Crippen LogP contribution >= 0.6 is 0 Å². The number of hydrogen-bond donors (Lipinski definition) is 4. The average Bonchev–Trinajstić information content (AvgIpc) is 2.96. The quantitative estimate of drug-likeness (QED) is 0.317. The first-order valence-corrected chi connectivity index (χ1v) is 8.26. The lowest BCUT2D eigenvalue weighted by molar-refractivity contribution is -0.113. The minimum absolute atomic E-state index is 0.197. The number of carbonyl (C=O) groups excluding carboxylic acids is 1. The van der Waals surface area contributed by atoms with Crippen molar-refractivity contribution in [3.8, 4) is 0 Å². The van der Waals surface area contributed by atoms with Crippen LogP contribution in [0.1, 0.15) is 18.1 Å². The Balaban J connectivity index is 1.84. The maximum absolute atomic E-state index is 12.5. The van der Waals surface area contributed by atoms with E-state index in [2.05, 4.69) is 25.5 Å². The van der Waals surface area contributed by atoms with Crippen molar-refractivity contribution < 1.29 is 9.90 Å². The molecule has 0 atom stereocenters. The van der Waals surface area contributed by atoms with E-state index in [1.165, 1.54) is 6.92 Å². The molecule has 0 unspecified atom stereocenters. The molecule has 1 heterocycles. The number of aliphatic hydroxyl groups is 1. The van der Waals surface area contributed by atoms with Gasteiger partial charge < -0.3 is 20.4 Å². The van der Waals surface area contributed by atoms with Crippen LogP contribution in [0.3, 0.4) is 0 Å². The zero-order chi connectivity index (χ0) is 19.6. The number of azo groups is 1. The minimum atomic E-state index is -0.568. The summed E-state index contributed by atoms with van der Waals surface area (Å²) >= 11 is 0. The molecule has 0 fully saturated rings. The number of aryl methyl sites for hydroxylation is 2. The van der Waals surface area contributed by atoms with E-state index in [1.54, 1.807) is 24.3 Å². The average molecular weight is 365 g/mol. The highest BCUT2D eigenvalue weighted by Crippen LogP contribution is 2.21. The zero-order valence-electron chi connectivity index (χ0n) is 15.1. The number of anilines is 1. The summed E-state index contributed by atoms with van der Waals surface area (Å²) in [5.74, 6) is -0.820. The van der Waals surface area contributed by atoms with E-state index in [1.807, 2.05) is 26.0 Å². The smallest absolute Gasteiger partial charge is 0.323 e. The molecule has 138 valence electrons. The topological polar surface area (TPSA) is 123 Å². The van der Waals surface area contributed by atoms with Crippen LogP contribution in [0.15, 0.2) is 62.9 Å². The normalized spacial score (nSPS) is 12.4. The van der Waals surface area contributed by atoms with Crippen LogP contribution < -0.4 is 11.0 Å². The number of fused-ring (bicyclic) bond motifs is 1. The fraction of sp³-hybridized carbons (Fsp3) is 0.158. The van der Waals surface area contributed by atoms with Crippen LogP contribution in [-0.2, 0) is 4.79 Å². The predicted molar refractivity (Wildman–Crippen MR) is 103 cm³/mol. The number of aliphatic hydroxyl groups excluding tert-OH is 1. The molecule has 0 radical (unpaired) electrons. The van der Waals surface area contributed by atoms with Crippen molar-refractivity contribution in [3.63, 3.8) is 0 Å². The number of nitrogens with one attached hydrogen (secondary N) is 3. The molecular weight excluding hydrogens is 346 g/mol. The second kappa shape index (κ2) is 7.28. The molecule has 1 aromatic heterocycles. The van der Waals surface area contributed by atoms with Gasteiger partial charge in [-0.1, -0.05) is 17.7 Å². The number of nitrogens with zero attached hydrogens (tertiary/aromatic N) is 2. The van der Waals surface area contributed by atoms with Gasteiger partial charge in [-0.05, 0) is 50.6 Å². The number of amides is 1. The molecule has 8 nitrogen and oxygen atoms in total. The molecule has 2 aromatic carbocycles. The lowest BCUT2D eigenvalue weighted by Gasteiger charge is -2.09. The first-order chi connectivity index (χ1) is 12.8. The number of aromatic amines is 2. The molecule has 4 N–H and O–H groups in total. The number of aromatic nitrogens is 2. The largest absolute Gasteiger partial charge is 0.510 e. The van der Waals surface area contributed by atoms with E-state index in [-0.39, 0.29) is 17.1 Å². The van der Waals surface area contributed by atoms with Crippen LogP contribution in [-0.4, -0.2) is 21.0 Å². The molecule has 1 amide bonds. The number of carbonyl (C=O) groups is 1. The Hall–Kier alpha value is -3.68. The second-order valence-corrected chi connectivity index (χ2v) is 6.22. The number of rotatable bonds is 4. The molecule has 8 heteroatoms. The summed E-state index contributed by atoms with van der Waals surface area (Å²) in [6, 6.07) is 10.5. The maximum atomic E-state index is 12.5. The van der Waals surface area contributed by atoms with Crippen molar-refractivity contribution in [3.05, 3.63) is 69.5 Å². The fourth-order valence-corrected chi connectivity index (χ4v) is 2.61. The molecule has 3 rings (SSSR count). The Morgan fingerprint density at radius 2 is 1.81 bits per heavy atom. The number of hydrogen-bond acceptors (Lipinski definition) is 5. The number of H-pyrrole nitrogens is 2. The van der Waals surface area contributed by atoms with Gasteiger partial charge in [0.05, 0.1) is 16.7 Å². The molecule has 3 aromatic rings. The highest BCUT2D eigenvalue weighted by atomic mass is 16.3. The van der Waals surface area contributed by atoms with Crippen molar-refractivity contribution >= 4 is 28.3 Å². The lowest BCUT2D eigenvalue weighted by Crippen LogP contribution is -2.15. The Labute approximate surface area is 154 Å². The molecule has 0 spiro atoms. The maximum Gasteiger partial charge on any atom is 0.323 e. The Bertz CT molecular complexity index is 1130. The molecule has 0 aliphatic carbocycles. The van der Waals surface area contributed by atoms with Gasteiger partial charge in [0.1, 0.15) is 5.76 Å². The van der Waals surface area contributed by atoms with Crippen molar-refractivity contribution in [2.24, 2.45) is 10.2 Å². The summed E-state index contributed by atoms with van der Waals surface area (Å²) in [7, 11) is 0. The molecule has 27 heavy (non-hydrogen) atoms. The Morgan fingerprint density at radius 3 is 2.52 bits per heavy atom. The van der Waals surface area contributed by atoms with E-state index in [0.29, 0.717) is 22.4 Å². The van der Waals surface area contributed by atoms with Crippen molar-refractivity contribution in [2.45, 2.75) is 20.8 Å². The van der Waals surface area contributed by atoms with Crippen molar-refractivity contribution in [1.82, 2.24) is 9.97 Å². The molecule has 0 aliphatic rings. The van der Waals surface area contributed by atoms with Crippen molar-refractivity contribution in [2.75, 3.05) is 5.32 Å². The van der Waals surface area contributed by atoms with Gasteiger partial charge in [0.25, 0.3) is 5.91 Å². The highest BCUT2D eigenvalue weighted by Gasteiger charge is 2.14. The van der Waals surface area contributed by atoms with E-state index in [4.69, 9.17) is 0 Å². The Kier molecular flexibility index (Phi) is 4.89. The van der Waals surface area contributed by atoms with Gasteiger partial charge in [-0.25, -0.2) is 4.79 Å². The van der Waals surface area contributed by atoms with Gasteiger partial charge in [0, 0.05) is 5.69 Å². The summed E-state index contributed by atoms with van der Waals surface area (Å²) in [5, 5.41) is 20.5. The SMILES string of the molecule is C/C(O)=C(\N=Nc1ccc2[nH]c(=O)[nH]c2c1)C(=O)Nc1ccc(C)cc1C. The van der Waals surface area contributed by atoms with Gasteiger partial charge in [-0.2, -0.15) is 5.11 Å². The predicted octanol–water partition coefficient (Wildman–Crippen LogP) is 3.98. The van der Waals surface area contributed by atoms with Gasteiger partial charge in [0.15, 0.2) is 5.70 Å². The van der Waals surface area contributed by atoms with Gasteiger partial charge in [0.2, 0.25) is 0 Å². The molecule has 0 bridgehead atoms. The monoisotopic (exact) mass is 365 g/mol. The molecule has 0 saturated heterocycles. The lowest BCUT2D eigenvalue weighted by atomic mass is 10.1. The fourth-order valence-electron chi connectivity index (χ4n) is 2.61. The Morgan fingerprint density at radius 1 is 1.07 bits per heavy atom. The number of allylic oxidation sites excluding steroid dienone is 1. The number of imidazole rings is 1. The zero-order valence-corrected chi connectivity index (χ0v) is 15.1. The minimum Gasteiger partial charge on any atom is -0.510 e. The third-order valence-electron chi connectivity index (χ3n) is 3.95. The highest BCUT2D eigenvalue weighted by molar-refractivity contribution is 6.04. The van der Waals surface area contributed by atoms with Crippen LogP contribution in [0.25, 0.3) is 11.0 Å². The van der Waals surface area contributed by atoms with E-state index in [0.717, 1.165) is 11.1 Å². The van der Waals surface area contributed by atoms with Crippen LogP contribution in [0.4, 0.5) is 11.4 Å². The van der Waals surface area contributed by atoms with Gasteiger partial charge >= 0.3 is 5.69 Å². The van der Waals surface area contributed by atoms with Crippen LogP contribution in [0.2, 0.25) is 0 Å². The number of benzene rings is 2. The second-order valence-electron chi connectivity index (χ2n) is 6.22. The summed E-state index contributed by atoms with van der Waals surface area (Å²) in [6.45, 7) is 5.21. The molecule has 0 saturated carbocycles. The summed E-state index contributed by atoms with van der Waals surface area (Å²) in [4.78, 5) is 29.0. The van der Waals surface area contributed by atoms with Gasteiger partial charge in [-0.15, -0.1) is 5.11 Å². The molecular formula is C19H19N5O3. The standard InChI is InChI=1S/C19H19N5O3/c1-10-4-6-14(11(2)8-10)20-18(26)17(12(3)25)24-23-13-5-7-15-16(9-13)22-19(27)21-15/h4-9,25H,1-3H3,(H,20,26)(H2,21,22,27)/b17-12+,24-23?. The van der Waals surface area contributed by atoms with Crippen molar-refractivity contribution in [1.29, 1.82) is 0 Å². The first kappa shape index (κ1) is 18.1. The third-order valence-corrected chi connectivity index (χ3v) is 3.95. The third kappa shape index (κ3) is 4.12. The van der Waals surface area contributed by atoms with E-state index in [9.17, 15) is 14.7 Å². The van der Waals surface area contributed by atoms with Crippen LogP contribution in [0.5, 0.6) is 0 Å². The van der Waals surface area contributed by atoms with E-state index >= 15 is 0 Å². The van der Waals surface area contributed by atoms with Gasteiger partial charge in [-0.3, -0.25) is 4.79 Å². The first-order valence-electron chi connectivity index (χ1n) is 8.26.